The summed E-state index contributed by atoms with van der Waals surface area (Å²) >= 11 is 0. The van der Waals surface area contributed by atoms with Crippen LogP contribution in [0.3, 0.4) is 0 Å². The molecule has 2 aromatic carbocycles. The second kappa shape index (κ2) is 13.4. The van der Waals surface area contributed by atoms with E-state index in [1.165, 1.54) is 10.4 Å². The molecule has 1 heterocycles. The number of hydrogen-bond donors (Lipinski definition) is 1. The van der Waals surface area contributed by atoms with Gasteiger partial charge in [0.1, 0.15) is 11.4 Å². The molecule has 2 aromatic rings. The van der Waals surface area contributed by atoms with E-state index in [4.69, 9.17) is 4.74 Å². The Kier molecular flexibility index (Phi) is 12.3. The molecule has 8 heteroatoms. The monoisotopic (exact) mass is 514 g/mol. The molecule has 0 saturated carbocycles. The smallest absolute Gasteiger partial charge is 0.586 e. The van der Waals surface area contributed by atoms with Crippen LogP contribution in [0.2, 0.25) is 0 Å². The number of ether oxygens (including phenoxy) is 1. The van der Waals surface area contributed by atoms with Crippen molar-refractivity contribution in [3.05, 3.63) is 52.7 Å². The number of benzene rings is 2. The molecule has 1 unspecified atom stereocenters. The van der Waals surface area contributed by atoms with Crippen LogP contribution in [0.1, 0.15) is 59.9 Å². The Hall–Kier alpha value is -0.904. The first-order valence-electron chi connectivity index (χ1n) is 11.4. The topological polar surface area (TPSA) is 63.9 Å². The van der Waals surface area contributed by atoms with Crippen LogP contribution >= 0.6 is 10.9 Å². The number of hydrogen-bond acceptors (Lipinski definition) is 4. The van der Waals surface area contributed by atoms with E-state index in [1.54, 1.807) is 0 Å². The number of anilines is 1. The van der Waals surface area contributed by atoms with Crippen molar-refractivity contribution in [2.75, 3.05) is 10.8 Å². The van der Waals surface area contributed by atoms with Crippen molar-refractivity contribution >= 4 is 39.1 Å². The van der Waals surface area contributed by atoms with Crippen molar-refractivity contribution in [1.29, 1.82) is 0 Å². The number of carbonyl (C=O) groups is 1. The molecule has 34 heavy (non-hydrogen) atoms. The van der Waals surface area contributed by atoms with Gasteiger partial charge in [-0.3, -0.25) is 0 Å². The van der Waals surface area contributed by atoms with Gasteiger partial charge in [-0.2, -0.15) is 10.9 Å². The number of fused-ring (bicyclic) bond motifs is 1. The van der Waals surface area contributed by atoms with E-state index in [2.05, 4.69) is 31.0 Å². The summed E-state index contributed by atoms with van der Waals surface area (Å²) in [6, 6.07) is 7.10. The molecule has 1 saturated heterocycles. The zero-order valence-electron chi connectivity index (χ0n) is 21.6. The van der Waals surface area contributed by atoms with Gasteiger partial charge in [-0.1, -0.05) is 52.3 Å². The van der Waals surface area contributed by atoms with E-state index in [9.17, 15) is 9.90 Å². The molecular formula is C26H36FKN2O3S. The number of allylic oxidation sites excluding steroid dienone is 1. The first-order chi connectivity index (χ1) is 15.5. The normalized spacial score (nSPS) is 15.5. The summed E-state index contributed by atoms with van der Waals surface area (Å²) in [6.07, 6.45) is 2.66. The molecule has 1 atom stereocenters. The molecule has 1 N–H and O–H groups in total. The fourth-order valence-electron chi connectivity index (χ4n) is 3.66. The van der Waals surface area contributed by atoms with E-state index < -0.39 is 16.7 Å². The van der Waals surface area contributed by atoms with E-state index in [-0.39, 0.29) is 86.8 Å². The third-order valence-corrected chi connectivity index (χ3v) is 6.72. The third kappa shape index (κ3) is 7.55. The zero-order valence-corrected chi connectivity index (χ0v) is 25.5. The number of nitrogens with zero attached hydrogens (tertiary/aromatic N) is 2. The van der Waals surface area contributed by atoms with E-state index in [1.807, 2.05) is 45.9 Å². The Labute approximate surface area is 248 Å². The number of carbonyl (C=O) groups excluding carboxylic acids is 1. The summed E-state index contributed by atoms with van der Waals surface area (Å²) in [4.78, 5) is 11.6. The number of phenols is 1. The second-order valence-corrected chi connectivity index (χ2v) is 10.1. The maximum Gasteiger partial charge on any atom is 1.00 e. The van der Waals surface area contributed by atoms with Gasteiger partial charge in [0, 0.05) is 10.8 Å². The second-order valence-electron chi connectivity index (χ2n) is 8.80. The molecule has 0 radical (unpaired) electrons. The molecule has 5 nitrogen and oxygen atoms in total. The summed E-state index contributed by atoms with van der Waals surface area (Å²) < 4.78 is 26.4. The van der Waals surface area contributed by atoms with Crippen LogP contribution in [0, 0.1) is 11.2 Å². The zero-order chi connectivity index (χ0) is 24.9. The maximum absolute atomic E-state index is 15.4. The predicted octanol–water partition coefficient (Wildman–Crippen LogP) is 4.25. The van der Waals surface area contributed by atoms with Crippen LogP contribution in [-0.4, -0.2) is 29.5 Å². The summed E-state index contributed by atoms with van der Waals surface area (Å²) in [5, 5.41) is 11.4. The van der Waals surface area contributed by atoms with Crippen LogP contribution in [0.15, 0.2) is 36.6 Å². The van der Waals surface area contributed by atoms with E-state index in [0.717, 1.165) is 30.6 Å². The minimum atomic E-state index is -1.05. The van der Waals surface area contributed by atoms with Gasteiger partial charge in [0.15, 0.2) is 5.82 Å². The van der Waals surface area contributed by atoms with Crippen molar-refractivity contribution in [1.82, 2.24) is 0 Å². The van der Waals surface area contributed by atoms with Crippen molar-refractivity contribution in [2.24, 2.45) is 5.41 Å². The van der Waals surface area contributed by atoms with E-state index >= 15 is 4.39 Å². The largest absolute Gasteiger partial charge is 1.00 e. The molecule has 0 bridgehead atoms. The number of amides is 1. The van der Waals surface area contributed by atoms with Gasteiger partial charge in [-0.25, -0.2) is 4.39 Å². The average molecular weight is 515 g/mol. The van der Waals surface area contributed by atoms with Crippen LogP contribution < -0.4 is 55.7 Å². The predicted molar refractivity (Wildman–Crippen MR) is 139 cm³/mol. The van der Waals surface area contributed by atoms with Crippen LogP contribution in [-0.2, 0) is 16.0 Å². The van der Waals surface area contributed by atoms with Gasteiger partial charge < -0.3 is 23.7 Å². The Morgan fingerprint density at radius 3 is 2.53 bits per heavy atom. The van der Waals surface area contributed by atoms with Crippen molar-refractivity contribution < 1.29 is 70.4 Å². The van der Waals surface area contributed by atoms with Gasteiger partial charge in [0.2, 0.25) is 0 Å². The van der Waals surface area contributed by atoms with Gasteiger partial charge in [-0.05, 0) is 56.2 Å². The average Bonchev–Trinajstić information content (AvgIpc) is 3.07. The summed E-state index contributed by atoms with van der Waals surface area (Å²) in [5.41, 5.74) is 0.840. The molecule has 1 amide bonds. The van der Waals surface area contributed by atoms with Gasteiger partial charge in [0.25, 0.3) is 0 Å². The molecule has 182 valence electrons. The quantitative estimate of drug-likeness (QED) is 0.325. The number of halogens is 1. The maximum atomic E-state index is 15.4. The first-order valence-corrected chi connectivity index (χ1v) is 12.7. The summed E-state index contributed by atoms with van der Waals surface area (Å²) in [5.74, 6) is 3.44. The fourth-order valence-corrected chi connectivity index (χ4v) is 4.70. The van der Waals surface area contributed by atoms with Crippen molar-refractivity contribution in [3.63, 3.8) is 0 Å². The Bertz CT molecular complexity index is 1060. The Balaban J connectivity index is 0.00000188. The van der Waals surface area contributed by atoms with Crippen LogP contribution in [0.25, 0.3) is 15.5 Å². The SMILES string of the molecule is C=C(OC(C)C)C(C)(C)CCCc1ccc2cc(O)c(N3CC(=O)[N-]S3=C)c(F)c2c1.CC.[K+]. The van der Waals surface area contributed by atoms with E-state index in [0.29, 0.717) is 10.8 Å². The first kappa shape index (κ1) is 31.1. The Morgan fingerprint density at radius 2 is 1.97 bits per heavy atom. The molecule has 0 aromatic heterocycles. The minimum absolute atomic E-state index is 0. The molecule has 0 spiro atoms. The standard InChI is InChI=1S/C24H31FN2O3S.C2H6.K/c1-15(2)30-16(3)24(4,5)11-7-8-17-9-10-18-13-20(28)23(22(25)19(18)12-17)27-14-21(29)26-31(27)6;1-2;/h9-10,12-13,15H,3,6-8,11,14H2,1-2,4-5H3,(H2,26,28,29);1-2H3;/q;;+1/p-1. The minimum Gasteiger partial charge on any atom is -0.586 e. The molecule has 1 aliphatic rings. The van der Waals surface area contributed by atoms with Gasteiger partial charge in [-0.15, -0.1) is 0 Å². The van der Waals surface area contributed by atoms with Gasteiger partial charge >= 0.3 is 51.4 Å². The molecule has 1 aliphatic heterocycles. The molecule has 0 aliphatic carbocycles. The molecular weight excluding hydrogens is 478 g/mol. The summed E-state index contributed by atoms with van der Waals surface area (Å²) in [7, 11) is -1.05. The fraction of sp³-hybridized carbons (Fsp3) is 0.462. The number of aryl methyl sites for hydroxylation is 1. The molecule has 1 fully saturated rings. The Morgan fingerprint density at radius 1 is 1.32 bits per heavy atom. The van der Waals surface area contributed by atoms with Crippen LogP contribution in [0.5, 0.6) is 5.75 Å². The number of phenolic OH excluding ortho intramolecular Hbond substituents is 1. The number of rotatable bonds is 8. The number of aromatic hydroxyl groups is 1. The van der Waals surface area contributed by atoms with Crippen LogP contribution in [0.4, 0.5) is 10.1 Å². The molecule has 3 rings (SSSR count). The summed E-state index contributed by atoms with van der Waals surface area (Å²) in [6.45, 7) is 16.2. The third-order valence-electron chi connectivity index (χ3n) is 5.49. The van der Waals surface area contributed by atoms with Crippen molar-refractivity contribution in [3.8, 4) is 5.75 Å². The van der Waals surface area contributed by atoms with Gasteiger partial charge in [0.05, 0.1) is 24.3 Å². The van der Waals surface area contributed by atoms with Crippen molar-refractivity contribution in [2.45, 2.75) is 66.9 Å².